The van der Waals surface area contributed by atoms with E-state index in [9.17, 15) is 10.1 Å². The number of nitrogens with zero attached hydrogens (tertiary/aromatic N) is 4. The Bertz CT molecular complexity index is 579. The average molecular weight is 248 g/mol. The summed E-state index contributed by atoms with van der Waals surface area (Å²) in [5, 5.41) is 17.7. The highest BCUT2D eigenvalue weighted by atomic mass is 16.6. The van der Waals surface area contributed by atoms with Gasteiger partial charge in [-0.1, -0.05) is 0 Å². The summed E-state index contributed by atoms with van der Waals surface area (Å²) in [5.41, 5.74) is 5.28. The molecule has 0 bridgehead atoms. The Balaban J connectivity index is 2.19. The smallest absolute Gasteiger partial charge is 0.311 e. The van der Waals surface area contributed by atoms with Crippen LogP contribution in [0, 0.1) is 10.1 Å². The SMILES string of the molecule is CCn1ccc(Nc2ccc([N+](=O)[O-])c(N)n2)n1. The van der Waals surface area contributed by atoms with E-state index in [1.54, 1.807) is 10.7 Å². The van der Waals surface area contributed by atoms with Crippen LogP contribution in [0.15, 0.2) is 24.4 Å². The molecule has 0 aliphatic carbocycles. The number of nitrogens with one attached hydrogen (secondary N) is 1. The van der Waals surface area contributed by atoms with Crippen LogP contribution in [-0.2, 0) is 6.54 Å². The minimum atomic E-state index is -0.572. The van der Waals surface area contributed by atoms with Crippen LogP contribution in [0.3, 0.4) is 0 Å². The standard InChI is InChI=1S/C10H12N6O2/c1-2-15-6-5-9(14-15)12-8-4-3-7(16(17)18)10(11)13-8/h3-6H,2H2,1H3,(H3,11,12,13,14). The fraction of sp³-hybridized carbons (Fsp3) is 0.200. The van der Waals surface area contributed by atoms with Crippen molar-refractivity contribution in [3.63, 3.8) is 0 Å². The van der Waals surface area contributed by atoms with Gasteiger partial charge in [0.25, 0.3) is 0 Å². The van der Waals surface area contributed by atoms with E-state index in [4.69, 9.17) is 5.73 Å². The molecule has 0 saturated carbocycles. The van der Waals surface area contributed by atoms with Gasteiger partial charge in [0.05, 0.1) is 4.92 Å². The van der Waals surface area contributed by atoms with Crippen LogP contribution >= 0.6 is 0 Å². The number of hydrogen-bond donors (Lipinski definition) is 2. The molecule has 3 N–H and O–H groups in total. The number of pyridine rings is 1. The first-order chi connectivity index (χ1) is 8.60. The minimum Gasteiger partial charge on any atom is -0.378 e. The third kappa shape index (κ3) is 2.37. The molecular weight excluding hydrogens is 236 g/mol. The predicted octanol–water partition coefficient (Wildman–Crippen LogP) is 1.53. The number of nitrogens with two attached hydrogens (primary N) is 1. The van der Waals surface area contributed by atoms with Crippen LogP contribution in [0.4, 0.5) is 23.1 Å². The molecule has 0 aliphatic heterocycles. The maximum atomic E-state index is 10.6. The summed E-state index contributed by atoms with van der Waals surface area (Å²) in [5.74, 6) is 0.900. The van der Waals surface area contributed by atoms with Gasteiger partial charge in [-0.3, -0.25) is 14.8 Å². The first kappa shape index (κ1) is 11.8. The number of anilines is 3. The van der Waals surface area contributed by atoms with Crippen molar-refractivity contribution in [3.8, 4) is 0 Å². The Kier molecular flexibility index (Phi) is 3.09. The molecule has 2 rings (SSSR count). The lowest BCUT2D eigenvalue weighted by Gasteiger charge is -2.03. The molecule has 8 heteroatoms. The van der Waals surface area contributed by atoms with Crippen molar-refractivity contribution in [2.75, 3.05) is 11.1 Å². The second kappa shape index (κ2) is 4.70. The highest BCUT2D eigenvalue weighted by Crippen LogP contribution is 2.22. The molecule has 2 heterocycles. The summed E-state index contributed by atoms with van der Waals surface area (Å²) in [6.45, 7) is 2.73. The minimum absolute atomic E-state index is 0.125. The van der Waals surface area contributed by atoms with Crippen LogP contribution in [0.2, 0.25) is 0 Å². The van der Waals surface area contributed by atoms with Crippen molar-refractivity contribution in [1.29, 1.82) is 0 Å². The molecule has 18 heavy (non-hydrogen) atoms. The predicted molar refractivity (Wildman–Crippen MR) is 66.5 cm³/mol. The third-order valence-corrected chi connectivity index (χ3v) is 2.32. The lowest BCUT2D eigenvalue weighted by molar-refractivity contribution is -0.384. The van der Waals surface area contributed by atoms with Crippen LogP contribution in [0.5, 0.6) is 0 Å². The van der Waals surface area contributed by atoms with Gasteiger partial charge in [-0.2, -0.15) is 5.10 Å². The van der Waals surface area contributed by atoms with Crippen molar-refractivity contribution in [2.24, 2.45) is 0 Å². The Morgan fingerprint density at radius 1 is 1.44 bits per heavy atom. The molecule has 0 atom stereocenters. The fourth-order valence-corrected chi connectivity index (χ4v) is 1.43. The van der Waals surface area contributed by atoms with Gasteiger partial charge in [0.1, 0.15) is 5.82 Å². The lowest BCUT2D eigenvalue weighted by atomic mass is 10.4. The number of nitro groups is 1. The van der Waals surface area contributed by atoms with E-state index in [0.29, 0.717) is 11.6 Å². The number of aryl methyl sites for hydroxylation is 1. The maximum absolute atomic E-state index is 10.6. The van der Waals surface area contributed by atoms with E-state index in [1.807, 2.05) is 13.1 Å². The van der Waals surface area contributed by atoms with Crippen LogP contribution in [-0.4, -0.2) is 19.7 Å². The summed E-state index contributed by atoms with van der Waals surface area (Å²) >= 11 is 0. The van der Waals surface area contributed by atoms with E-state index in [-0.39, 0.29) is 11.5 Å². The summed E-state index contributed by atoms with van der Waals surface area (Å²) in [6.07, 6.45) is 1.82. The number of rotatable bonds is 4. The van der Waals surface area contributed by atoms with E-state index in [2.05, 4.69) is 15.4 Å². The Morgan fingerprint density at radius 2 is 2.22 bits per heavy atom. The monoisotopic (exact) mass is 248 g/mol. The summed E-state index contributed by atoms with van der Waals surface area (Å²) in [6, 6.07) is 4.57. The van der Waals surface area contributed by atoms with Gasteiger partial charge in [0, 0.05) is 24.9 Å². The molecule has 0 fully saturated rings. The van der Waals surface area contributed by atoms with Crippen molar-refractivity contribution in [2.45, 2.75) is 13.5 Å². The maximum Gasteiger partial charge on any atom is 0.311 e. The Morgan fingerprint density at radius 3 is 2.78 bits per heavy atom. The number of nitrogen functional groups attached to an aromatic ring is 1. The normalized spacial score (nSPS) is 10.3. The van der Waals surface area contributed by atoms with Gasteiger partial charge in [-0.15, -0.1) is 0 Å². The average Bonchev–Trinajstić information content (AvgIpc) is 2.76. The van der Waals surface area contributed by atoms with Crippen LogP contribution in [0.25, 0.3) is 0 Å². The summed E-state index contributed by atoms with van der Waals surface area (Å²) < 4.78 is 1.75. The topological polar surface area (TPSA) is 112 Å². The van der Waals surface area contributed by atoms with E-state index in [1.165, 1.54) is 12.1 Å². The van der Waals surface area contributed by atoms with Gasteiger partial charge < -0.3 is 11.1 Å². The van der Waals surface area contributed by atoms with Gasteiger partial charge in [0.2, 0.25) is 5.82 Å². The van der Waals surface area contributed by atoms with Crippen LogP contribution < -0.4 is 11.1 Å². The first-order valence-electron chi connectivity index (χ1n) is 5.31. The van der Waals surface area contributed by atoms with Gasteiger partial charge >= 0.3 is 5.69 Å². The molecule has 0 spiro atoms. The highest BCUT2D eigenvalue weighted by molar-refractivity contribution is 5.60. The van der Waals surface area contributed by atoms with Crippen molar-refractivity contribution in [1.82, 2.24) is 14.8 Å². The van der Waals surface area contributed by atoms with Crippen molar-refractivity contribution in [3.05, 3.63) is 34.5 Å². The molecule has 2 aromatic heterocycles. The zero-order chi connectivity index (χ0) is 13.1. The zero-order valence-corrected chi connectivity index (χ0v) is 9.70. The summed E-state index contributed by atoms with van der Waals surface area (Å²) in [4.78, 5) is 13.9. The third-order valence-electron chi connectivity index (χ3n) is 2.32. The van der Waals surface area contributed by atoms with Gasteiger partial charge in [0.15, 0.2) is 5.82 Å². The second-order valence-corrected chi connectivity index (χ2v) is 3.54. The Hall–Kier alpha value is -2.64. The molecule has 2 aromatic rings. The number of hydrogen-bond acceptors (Lipinski definition) is 6. The Labute approximate surface area is 103 Å². The molecule has 8 nitrogen and oxygen atoms in total. The molecule has 0 unspecified atom stereocenters. The first-order valence-corrected chi connectivity index (χ1v) is 5.31. The largest absolute Gasteiger partial charge is 0.378 e. The molecule has 0 aromatic carbocycles. The number of aromatic nitrogens is 3. The molecule has 0 amide bonds. The molecule has 94 valence electrons. The lowest BCUT2D eigenvalue weighted by Crippen LogP contribution is -2.02. The van der Waals surface area contributed by atoms with E-state index >= 15 is 0 Å². The fourth-order valence-electron chi connectivity index (χ4n) is 1.43. The highest BCUT2D eigenvalue weighted by Gasteiger charge is 2.13. The molecule has 0 saturated heterocycles. The van der Waals surface area contributed by atoms with Gasteiger partial charge in [-0.05, 0) is 13.0 Å². The quantitative estimate of drug-likeness (QED) is 0.626. The molecular formula is C10H12N6O2. The molecule has 0 radical (unpaired) electrons. The van der Waals surface area contributed by atoms with Crippen molar-refractivity contribution >= 4 is 23.1 Å². The molecule has 0 aliphatic rings. The van der Waals surface area contributed by atoms with Gasteiger partial charge in [-0.25, -0.2) is 4.98 Å². The van der Waals surface area contributed by atoms with Crippen LogP contribution in [0.1, 0.15) is 6.92 Å². The summed E-state index contributed by atoms with van der Waals surface area (Å²) in [7, 11) is 0. The van der Waals surface area contributed by atoms with E-state index in [0.717, 1.165) is 6.54 Å². The zero-order valence-electron chi connectivity index (χ0n) is 9.70. The second-order valence-electron chi connectivity index (χ2n) is 3.54. The van der Waals surface area contributed by atoms with Crippen molar-refractivity contribution < 1.29 is 4.92 Å². The van der Waals surface area contributed by atoms with E-state index < -0.39 is 4.92 Å².